The van der Waals surface area contributed by atoms with E-state index in [0.29, 0.717) is 5.69 Å². The van der Waals surface area contributed by atoms with Crippen LogP contribution >= 0.6 is 27.7 Å². The van der Waals surface area contributed by atoms with Crippen LogP contribution in [0.3, 0.4) is 0 Å². The van der Waals surface area contributed by atoms with Gasteiger partial charge in [-0.1, -0.05) is 29.8 Å². The second kappa shape index (κ2) is 8.74. The van der Waals surface area contributed by atoms with Gasteiger partial charge in [-0.25, -0.2) is 0 Å². The summed E-state index contributed by atoms with van der Waals surface area (Å²) in [5.74, 6) is -0.144. The van der Waals surface area contributed by atoms with Gasteiger partial charge in [-0.2, -0.15) is 0 Å². The molecule has 0 atom stereocenters. The summed E-state index contributed by atoms with van der Waals surface area (Å²) in [5, 5.41) is 5.35. The van der Waals surface area contributed by atoms with Crippen LogP contribution in [0.25, 0.3) is 0 Å². The molecule has 2 aromatic rings. The maximum atomic E-state index is 11.8. The summed E-state index contributed by atoms with van der Waals surface area (Å²) >= 11 is 4.80. The number of halogens is 1. The molecule has 2 N–H and O–H groups in total. The lowest BCUT2D eigenvalue weighted by Crippen LogP contribution is -2.33. The second-order valence-electron chi connectivity index (χ2n) is 4.91. The monoisotopic (exact) mass is 392 g/mol. The SMILES string of the molecule is Cc1ccc(SCC(=O)NCC(=O)Nc2ccccc2Br)cc1. The lowest BCUT2D eigenvalue weighted by atomic mass is 10.2. The summed E-state index contributed by atoms with van der Waals surface area (Å²) in [5.41, 5.74) is 1.86. The molecule has 0 aliphatic heterocycles. The van der Waals surface area contributed by atoms with Crippen LogP contribution < -0.4 is 10.6 Å². The molecule has 0 unspecified atom stereocenters. The number of hydrogen-bond acceptors (Lipinski definition) is 3. The standard InChI is InChI=1S/C17H17BrN2O2S/c1-12-6-8-13(9-7-12)23-11-17(22)19-10-16(21)20-15-5-3-2-4-14(15)18/h2-9H,10-11H2,1H3,(H,19,22)(H,20,21). The molecule has 2 aromatic carbocycles. The molecule has 2 rings (SSSR count). The van der Waals surface area contributed by atoms with Crippen LogP contribution in [0.2, 0.25) is 0 Å². The van der Waals surface area contributed by atoms with Gasteiger partial charge in [0.25, 0.3) is 0 Å². The van der Waals surface area contributed by atoms with Gasteiger partial charge in [-0.05, 0) is 47.1 Å². The highest BCUT2D eigenvalue weighted by Crippen LogP contribution is 2.21. The lowest BCUT2D eigenvalue weighted by molar-refractivity contribution is -0.122. The number of para-hydroxylation sites is 1. The molecule has 0 heterocycles. The second-order valence-corrected chi connectivity index (χ2v) is 6.81. The zero-order chi connectivity index (χ0) is 16.7. The third kappa shape index (κ3) is 6.08. The van der Waals surface area contributed by atoms with Crippen molar-refractivity contribution in [3.05, 3.63) is 58.6 Å². The van der Waals surface area contributed by atoms with Crippen molar-refractivity contribution in [1.82, 2.24) is 5.32 Å². The predicted octanol–water partition coefficient (Wildman–Crippen LogP) is 3.60. The fourth-order valence-electron chi connectivity index (χ4n) is 1.77. The van der Waals surface area contributed by atoms with Gasteiger partial charge in [0.15, 0.2) is 0 Å². The maximum absolute atomic E-state index is 11.8. The highest BCUT2D eigenvalue weighted by atomic mass is 79.9. The third-order valence-corrected chi connectivity index (χ3v) is 4.69. The van der Waals surface area contributed by atoms with Crippen molar-refractivity contribution < 1.29 is 9.59 Å². The van der Waals surface area contributed by atoms with E-state index in [-0.39, 0.29) is 24.1 Å². The minimum absolute atomic E-state index is 0.0470. The van der Waals surface area contributed by atoms with Crippen LogP contribution in [0.5, 0.6) is 0 Å². The first-order valence-electron chi connectivity index (χ1n) is 7.05. The minimum Gasteiger partial charge on any atom is -0.346 e. The fourth-order valence-corrected chi connectivity index (χ4v) is 2.88. The Hall–Kier alpha value is -1.79. The average molecular weight is 393 g/mol. The average Bonchev–Trinajstić information content (AvgIpc) is 2.54. The summed E-state index contributed by atoms with van der Waals surface area (Å²) in [6.07, 6.45) is 0. The Bertz CT molecular complexity index is 689. The molecule has 0 radical (unpaired) electrons. The van der Waals surface area contributed by atoms with E-state index in [1.165, 1.54) is 17.3 Å². The zero-order valence-electron chi connectivity index (χ0n) is 12.6. The molecule has 0 aliphatic carbocycles. The highest BCUT2D eigenvalue weighted by molar-refractivity contribution is 9.10. The van der Waals surface area contributed by atoms with Gasteiger partial charge in [-0.15, -0.1) is 11.8 Å². The van der Waals surface area contributed by atoms with E-state index in [1.807, 2.05) is 49.4 Å². The molecule has 0 saturated heterocycles. The van der Waals surface area contributed by atoms with Gasteiger partial charge in [0, 0.05) is 9.37 Å². The Morgan fingerprint density at radius 2 is 1.74 bits per heavy atom. The molecule has 0 aromatic heterocycles. The number of anilines is 1. The molecule has 6 heteroatoms. The van der Waals surface area contributed by atoms with Gasteiger partial charge in [0.1, 0.15) is 0 Å². The van der Waals surface area contributed by atoms with E-state index < -0.39 is 0 Å². The van der Waals surface area contributed by atoms with Crippen molar-refractivity contribution in [3.63, 3.8) is 0 Å². The molecule has 120 valence electrons. The number of hydrogen-bond donors (Lipinski definition) is 2. The van der Waals surface area contributed by atoms with Gasteiger partial charge in [0.2, 0.25) is 11.8 Å². The molecule has 0 aliphatic rings. The summed E-state index contributed by atoms with van der Waals surface area (Å²) in [6.45, 7) is 1.97. The number of carbonyl (C=O) groups is 2. The van der Waals surface area contributed by atoms with E-state index >= 15 is 0 Å². The van der Waals surface area contributed by atoms with Crippen molar-refractivity contribution in [3.8, 4) is 0 Å². The summed E-state index contributed by atoms with van der Waals surface area (Å²) in [6, 6.07) is 15.3. The zero-order valence-corrected chi connectivity index (χ0v) is 15.0. The molecule has 2 amide bonds. The first-order valence-corrected chi connectivity index (χ1v) is 8.83. The Morgan fingerprint density at radius 3 is 2.43 bits per heavy atom. The number of nitrogens with one attached hydrogen (secondary N) is 2. The number of aryl methyl sites for hydroxylation is 1. The first kappa shape index (κ1) is 17.6. The number of thioether (sulfide) groups is 1. The number of rotatable bonds is 6. The number of amides is 2. The topological polar surface area (TPSA) is 58.2 Å². The first-order chi connectivity index (χ1) is 11.0. The molecule has 23 heavy (non-hydrogen) atoms. The maximum Gasteiger partial charge on any atom is 0.243 e. The van der Waals surface area contributed by atoms with Crippen molar-refractivity contribution >= 4 is 45.2 Å². The van der Waals surface area contributed by atoms with Gasteiger partial charge in [-0.3, -0.25) is 9.59 Å². The molecule has 4 nitrogen and oxygen atoms in total. The summed E-state index contributed by atoms with van der Waals surface area (Å²) in [4.78, 5) is 24.6. The van der Waals surface area contributed by atoms with Crippen molar-refractivity contribution in [2.75, 3.05) is 17.6 Å². The minimum atomic E-state index is -0.259. The Balaban J connectivity index is 1.72. The van der Waals surface area contributed by atoms with Gasteiger partial charge in [0.05, 0.1) is 18.0 Å². The quantitative estimate of drug-likeness (QED) is 0.738. The van der Waals surface area contributed by atoms with E-state index in [2.05, 4.69) is 26.6 Å². The van der Waals surface area contributed by atoms with Crippen LogP contribution in [-0.2, 0) is 9.59 Å². The molecule has 0 spiro atoms. The lowest BCUT2D eigenvalue weighted by Gasteiger charge is -2.08. The molecule has 0 saturated carbocycles. The van der Waals surface area contributed by atoms with Crippen LogP contribution in [0, 0.1) is 6.92 Å². The van der Waals surface area contributed by atoms with E-state index in [1.54, 1.807) is 6.07 Å². The summed E-state index contributed by atoms with van der Waals surface area (Å²) < 4.78 is 0.801. The Morgan fingerprint density at radius 1 is 1.04 bits per heavy atom. The Kier molecular flexibility index (Phi) is 6.67. The van der Waals surface area contributed by atoms with Crippen LogP contribution in [0.4, 0.5) is 5.69 Å². The smallest absolute Gasteiger partial charge is 0.243 e. The van der Waals surface area contributed by atoms with Gasteiger partial charge < -0.3 is 10.6 Å². The Labute approximate surface area is 148 Å². The largest absolute Gasteiger partial charge is 0.346 e. The van der Waals surface area contributed by atoms with E-state index in [4.69, 9.17) is 0 Å². The van der Waals surface area contributed by atoms with E-state index in [9.17, 15) is 9.59 Å². The van der Waals surface area contributed by atoms with Gasteiger partial charge >= 0.3 is 0 Å². The molecular weight excluding hydrogens is 376 g/mol. The van der Waals surface area contributed by atoms with Crippen LogP contribution in [0.15, 0.2) is 57.9 Å². The molecular formula is C17H17BrN2O2S. The van der Waals surface area contributed by atoms with Crippen LogP contribution in [0.1, 0.15) is 5.56 Å². The predicted molar refractivity (Wildman–Crippen MR) is 97.7 cm³/mol. The third-order valence-electron chi connectivity index (χ3n) is 2.98. The normalized spacial score (nSPS) is 10.2. The van der Waals surface area contributed by atoms with Crippen molar-refractivity contribution in [1.29, 1.82) is 0 Å². The van der Waals surface area contributed by atoms with Crippen LogP contribution in [-0.4, -0.2) is 24.1 Å². The fraction of sp³-hybridized carbons (Fsp3) is 0.176. The number of carbonyl (C=O) groups excluding carboxylic acids is 2. The van der Waals surface area contributed by atoms with Crippen molar-refractivity contribution in [2.45, 2.75) is 11.8 Å². The molecule has 0 bridgehead atoms. The summed E-state index contributed by atoms with van der Waals surface area (Å²) in [7, 11) is 0. The number of benzene rings is 2. The van der Waals surface area contributed by atoms with E-state index in [0.717, 1.165) is 9.37 Å². The van der Waals surface area contributed by atoms with Crippen molar-refractivity contribution in [2.24, 2.45) is 0 Å². The molecule has 0 fully saturated rings. The highest BCUT2D eigenvalue weighted by Gasteiger charge is 2.08.